The van der Waals surface area contributed by atoms with Gasteiger partial charge in [0.25, 0.3) is 0 Å². The van der Waals surface area contributed by atoms with E-state index in [4.69, 9.17) is 14.2 Å². The molecule has 0 saturated carbocycles. The molecule has 1 aromatic carbocycles. The predicted molar refractivity (Wildman–Crippen MR) is 76.4 cm³/mol. The molecule has 0 saturated heterocycles. The molecule has 0 amide bonds. The Morgan fingerprint density at radius 1 is 1.27 bits per heavy atom. The van der Waals surface area contributed by atoms with Gasteiger partial charge in [-0.3, -0.25) is 9.59 Å². The summed E-state index contributed by atoms with van der Waals surface area (Å²) in [6.45, 7) is 1.38. The van der Waals surface area contributed by atoms with Gasteiger partial charge in [0.2, 0.25) is 0 Å². The van der Waals surface area contributed by atoms with Crippen molar-refractivity contribution in [2.45, 2.75) is 12.7 Å². The van der Waals surface area contributed by atoms with Crippen molar-refractivity contribution in [3.05, 3.63) is 34.9 Å². The van der Waals surface area contributed by atoms with Crippen LogP contribution in [0, 0.1) is 5.92 Å². The molecule has 1 heterocycles. The zero-order valence-electron chi connectivity index (χ0n) is 12.5. The van der Waals surface area contributed by atoms with E-state index in [0.717, 1.165) is 0 Å². The highest BCUT2D eigenvalue weighted by molar-refractivity contribution is 6.24. The fourth-order valence-electron chi connectivity index (χ4n) is 2.85. The lowest BCUT2D eigenvalue weighted by Crippen LogP contribution is -2.42. The lowest BCUT2D eigenvalue weighted by atomic mass is 9.76. The summed E-state index contributed by atoms with van der Waals surface area (Å²) in [7, 11) is 2.90. The van der Waals surface area contributed by atoms with E-state index in [0.29, 0.717) is 11.5 Å². The molecule has 0 fully saturated rings. The van der Waals surface area contributed by atoms with Crippen molar-refractivity contribution in [1.82, 2.24) is 0 Å². The number of Topliss-reactive ketones (excluding diaryl/α,β-unsaturated/α-hetero) is 2. The quantitative estimate of drug-likeness (QED) is 0.888. The molecular weight excluding hydrogens is 288 g/mol. The van der Waals surface area contributed by atoms with Crippen LogP contribution in [0.2, 0.25) is 0 Å². The second-order valence-electron chi connectivity index (χ2n) is 5.46. The fourth-order valence-corrected chi connectivity index (χ4v) is 2.85. The molecule has 0 radical (unpaired) electrons. The minimum absolute atomic E-state index is 0.0436. The van der Waals surface area contributed by atoms with E-state index in [1.54, 1.807) is 6.07 Å². The number of ether oxygens (including phenoxy) is 3. The van der Waals surface area contributed by atoms with Crippen LogP contribution in [0.4, 0.5) is 0 Å². The molecular formula is C16H16O6. The number of fused-ring (bicyclic) bond motifs is 2. The van der Waals surface area contributed by atoms with Crippen molar-refractivity contribution < 1.29 is 28.9 Å². The average Bonchev–Trinajstić information content (AvgIpc) is 2.50. The van der Waals surface area contributed by atoms with Crippen LogP contribution in [0.15, 0.2) is 23.8 Å². The monoisotopic (exact) mass is 304 g/mol. The van der Waals surface area contributed by atoms with Crippen LogP contribution in [0.1, 0.15) is 27.6 Å². The molecule has 2 aliphatic rings. The summed E-state index contributed by atoms with van der Waals surface area (Å²) in [5.74, 6) is -2.13. The average molecular weight is 304 g/mol. The summed E-state index contributed by atoms with van der Waals surface area (Å²) in [5.41, 5.74) is 0.714. The van der Waals surface area contributed by atoms with E-state index >= 15 is 0 Å². The number of aliphatic hydroxyl groups is 1. The van der Waals surface area contributed by atoms with Gasteiger partial charge in [0.1, 0.15) is 11.5 Å². The van der Waals surface area contributed by atoms with Gasteiger partial charge >= 0.3 is 0 Å². The number of benzene rings is 1. The number of methoxy groups -OCH3 is 2. The van der Waals surface area contributed by atoms with Crippen molar-refractivity contribution in [2.75, 3.05) is 20.8 Å². The molecule has 116 valence electrons. The first-order chi connectivity index (χ1) is 10.4. The highest BCUT2D eigenvalue weighted by Gasteiger charge is 2.44. The molecule has 3 rings (SSSR count). The van der Waals surface area contributed by atoms with Gasteiger partial charge in [-0.15, -0.1) is 0 Å². The first-order valence-corrected chi connectivity index (χ1v) is 6.82. The van der Waals surface area contributed by atoms with Crippen LogP contribution in [-0.2, 0) is 4.74 Å². The molecule has 22 heavy (non-hydrogen) atoms. The first-order valence-electron chi connectivity index (χ1n) is 6.82. The lowest BCUT2D eigenvalue weighted by molar-refractivity contribution is -0.164. The molecule has 1 N–H and O–H groups in total. The maximum Gasteiger partial charge on any atom is 0.190 e. The molecule has 6 nitrogen and oxygen atoms in total. The Morgan fingerprint density at radius 3 is 2.64 bits per heavy atom. The maximum atomic E-state index is 12.7. The third kappa shape index (κ3) is 2.12. The predicted octanol–water partition coefficient (Wildman–Crippen LogP) is 1.36. The molecule has 0 aromatic heterocycles. The van der Waals surface area contributed by atoms with E-state index in [1.807, 2.05) is 0 Å². The van der Waals surface area contributed by atoms with Crippen LogP contribution >= 0.6 is 0 Å². The van der Waals surface area contributed by atoms with Crippen LogP contribution in [-0.4, -0.2) is 43.3 Å². The molecule has 0 bridgehead atoms. The fraction of sp³-hybridized carbons (Fsp3) is 0.375. The number of rotatable bonds is 2. The van der Waals surface area contributed by atoms with Gasteiger partial charge in [-0.1, -0.05) is 0 Å². The Morgan fingerprint density at radius 2 is 2.00 bits per heavy atom. The molecule has 0 spiro atoms. The Bertz CT molecular complexity index is 701. The summed E-state index contributed by atoms with van der Waals surface area (Å²) < 4.78 is 15.6. The van der Waals surface area contributed by atoms with Crippen molar-refractivity contribution in [3.63, 3.8) is 0 Å². The summed E-state index contributed by atoms with van der Waals surface area (Å²) in [6, 6.07) is 3.08. The zero-order valence-corrected chi connectivity index (χ0v) is 12.5. The van der Waals surface area contributed by atoms with Gasteiger partial charge < -0.3 is 19.3 Å². The molecule has 6 heteroatoms. The van der Waals surface area contributed by atoms with Crippen molar-refractivity contribution in [3.8, 4) is 11.5 Å². The van der Waals surface area contributed by atoms with E-state index < -0.39 is 11.7 Å². The highest BCUT2D eigenvalue weighted by Crippen LogP contribution is 2.40. The summed E-state index contributed by atoms with van der Waals surface area (Å²) in [6.07, 6.45) is 1.30. The van der Waals surface area contributed by atoms with E-state index in [2.05, 4.69) is 0 Å². The van der Waals surface area contributed by atoms with Gasteiger partial charge in [0.15, 0.2) is 17.4 Å². The van der Waals surface area contributed by atoms with E-state index in [-0.39, 0.29) is 34.9 Å². The molecule has 2 atom stereocenters. The minimum Gasteiger partial charge on any atom is -0.497 e. The molecule has 1 aliphatic heterocycles. The van der Waals surface area contributed by atoms with Gasteiger partial charge in [0.05, 0.1) is 32.3 Å². The van der Waals surface area contributed by atoms with Crippen LogP contribution in [0.25, 0.3) is 0 Å². The lowest BCUT2D eigenvalue weighted by Gasteiger charge is -2.34. The minimum atomic E-state index is -1.55. The van der Waals surface area contributed by atoms with Crippen molar-refractivity contribution >= 4 is 11.6 Å². The summed E-state index contributed by atoms with van der Waals surface area (Å²) in [5, 5.41) is 9.96. The van der Waals surface area contributed by atoms with Crippen LogP contribution < -0.4 is 9.47 Å². The third-order valence-corrected chi connectivity index (χ3v) is 3.94. The molecule has 1 unspecified atom stereocenters. The number of ketones is 2. The van der Waals surface area contributed by atoms with Gasteiger partial charge in [-0.25, -0.2) is 0 Å². The van der Waals surface area contributed by atoms with E-state index in [9.17, 15) is 14.7 Å². The van der Waals surface area contributed by atoms with Gasteiger partial charge in [0, 0.05) is 17.2 Å². The van der Waals surface area contributed by atoms with Crippen molar-refractivity contribution in [2.24, 2.45) is 5.92 Å². The first kappa shape index (κ1) is 14.7. The molecule has 1 aliphatic carbocycles. The second-order valence-corrected chi connectivity index (χ2v) is 5.46. The van der Waals surface area contributed by atoms with Gasteiger partial charge in [-0.05, 0) is 19.1 Å². The highest BCUT2D eigenvalue weighted by atomic mass is 16.6. The molecule has 1 aromatic rings. The standard InChI is InChI=1S/C16H16O6/c1-16(19)6-10-11(7-22-16)15(18)13-9(14(10)17)4-8(20-2)5-12(13)21-3/h4-6,11,19H,7H2,1-3H3/t11?,16-/m1/s1. The Balaban J connectivity index is 2.23. The summed E-state index contributed by atoms with van der Waals surface area (Å²) in [4.78, 5) is 25.4. The normalized spacial score (nSPS) is 26.9. The zero-order chi connectivity index (χ0) is 16.1. The van der Waals surface area contributed by atoms with Gasteiger partial charge in [-0.2, -0.15) is 0 Å². The third-order valence-electron chi connectivity index (χ3n) is 3.94. The second kappa shape index (κ2) is 4.93. The number of carbonyl (C=O) groups excluding carboxylic acids is 2. The smallest absolute Gasteiger partial charge is 0.190 e. The van der Waals surface area contributed by atoms with Crippen LogP contribution in [0.5, 0.6) is 11.5 Å². The Labute approximate surface area is 127 Å². The summed E-state index contributed by atoms with van der Waals surface area (Å²) >= 11 is 0. The number of hydrogen-bond acceptors (Lipinski definition) is 6. The Kier molecular flexibility index (Phi) is 3.30. The Hall–Kier alpha value is -2.18. The SMILES string of the molecule is COc1cc(OC)c2c(c1)C(=O)C1=C[C@](C)(O)OCC1C2=O. The van der Waals surface area contributed by atoms with Crippen LogP contribution in [0.3, 0.4) is 0 Å². The number of carbonyl (C=O) groups is 2. The topological polar surface area (TPSA) is 82.1 Å². The van der Waals surface area contributed by atoms with Crippen molar-refractivity contribution in [1.29, 1.82) is 0 Å². The largest absolute Gasteiger partial charge is 0.497 e. The van der Waals surface area contributed by atoms with E-state index in [1.165, 1.54) is 33.3 Å². The number of hydrogen-bond donors (Lipinski definition) is 1. The maximum absolute atomic E-state index is 12.7.